The fourth-order valence-corrected chi connectivity index (χ4v) is 0. The van der Waals surface area contributed by atoms with Crippen molar-refractivity contribution in [1.29, 1.82) is 0 Å². The average molecular weight is 252 g/mol. The summed E-state index contributed by atoms with van der Waals surface area (Å²) in [6.07, 6.45) is -6.25. The van der Waals surface area contributed by atoms with Crippen molar-refractivity contribution in [3.8, 4) is 0 Å². The maximum Gasteiger partial charge on any atom is 3.00 e. The Kier molecular flexibility index (Phi) is 47.8. The van der Waals surface area contributed by atoms with Crippen LogP contribution in [0.1, 0.15) is 2.85 Å². The van der Waals surface area contributed by atoms with Gasteiger partial charge in [-0.3, -0.25) is 0 Å². The Morgan fingerprint density at radius 2 is 0.786 bits per heavy atom. The molecule has 0 aromatic heterocycles. The first-order valence-electron chi connectivity index (χ1n) is 1.90. The number of carboxylic acid groups (broad SMARTS) is 6. The molecule has 14 heavy (non-hydrogen) atoms. The summed E-state index contributed by atoms with van der Waals surface area (Å²) in [5.74, 6) is 0. The quantitative estimate of drug-likeness (QED) is 0.363. The van der Waals surface area contributed by atoms with Crippen molar-refractivity contribution < 1.29 is 47.9 Å². The molecule has 3 N–H and O–H groups in total. The van der Waals surface area contributed by atoms with Crippen molar-refractivity contribution in [2.75, 3.05) is 0 Å². The van der Waals surface area contributed by atoms with Crippen molar-refractivity contribution in [2.45, 2.75) is 0 Å². The van der Waals surface area contributed by atoms with E-state index >= 15 is 0 Å². The standard InChI is InChI=1S/3CH2O3.Al.Ca.2H/c3*2-1(3)4;;;;/h3*(H2,2,3,4);;;;/q;;;+3;+2;2*-1/p-3. The molecule has 9 nitrogen and oxygen atoms in total. The first-order chi connectivity index (χ1) is 5.20. The van der Waals surface area contributed by atoms with Crippen LogP contribution in [0.3, 0.4) is 0 Å². The Balaban J connectivity index is -0.0000000135. The van der Waals surface area contributed by atoms with Gasteiger partial charge < -0.3 is 47.9 Å². The molecule has 0 heterocycles. The Morgan fingerprint density at radius 1 is 0.786 bits per heavy atom. The summed E-state index contributed by atoms with van der Waals surface area (Å²) in [5, 5.41) is 45.9. The van der Waals surface area contributed by atoms with Crippen LogP contribution < -0.4 is 15.3 Å². The van der Waals surface area contributed by atoms with Crippen LogP contribution in [0.25, 0.3) is 0 Å². The molecule has 0 rings (SSSR count). The SMILES string of the molecule is O=C([O-])O.O=C([O-])O.O=C([O-])O.[Al+3].[Ca+2].[H-].[H-]. The second-order valence-electron chi connectivity index (χ2n) is 0.798. The van der Waals surface area contributed by atoms with E-state index in [4.69, 9.17) is 45.0 Å². The van der Waals surface area contributed by atoms with E-state index in [9.17, 15) is 0 Å². The van der Waals surface area contributed by atoms with E-state index in [2.05, 4.69) is 0 Å². The molecule has 0 unspecified atom stereocenters. The second kappa shape index (κ2) is 22.9. The first-order valence-corrected chi connectivity index (χ1v) is 1.90. The monoisotopic (exact) mass is 252 g/mol. The Hall–Kier alpha value is -0.398. The summed E-state index contributed by atoms with van der Waals surface area (Å²) in [6.45, 7) is 0. The van der Waals surface area contributed by atoms with Crippen LogP contribution in [0.4, 0.5) is 14.4 Å². The molecule has 0 aliphatic rings. The van der Waals surface area contributed by atoms with Crippen molar-refractivity contribution in [3.05, 3.63) is 0 Å². The zero-order chi connectivity index (χ0) is 10.7. The molecule has 0 saturated carbocycles. The molecule has 0 aromatic carbocycles. The van der Waals surface area contributed by atoms with E-state index in [0.717, 1.165) is 0 Å². The van der Waals surface area contributed by atoms with Gasteiger partial charge >= 0.3 is 55.1 Å². The van der Waals surface area contributed by atoms with Crippen LogP contribution in [0.2, 0.25) is 0 Å². The Bertz CT molecular complexity index is 126. The molecule has 0 atom stereocenters. The largest absolute Gasteiger partial charge is 3.00 e. The molecule has 0 fully saturated rings. The van der Waals surface area contributed by atoms with Gasteiger partial charge in [0.1, 0.15) is 0 Å². The molecule has 0 aliphatic heterocycles. The third-order valence-corrected chi connectivity index (χ3v) is 0. The van der Waals surface area contributed by atoms with Gasteiger partial charge in [-0.15, -0.1) is 0 Å². The van der Waals surface area contributed by atoms with E-state index in [1.807, 2.05) is 0 Å². The Labute approximate surface area is 121 Å². The van der Waals surface area contributed by atoms with Crippen molar-refractivity contribution in [2.24, 2.45) is 0 Å². The molecule has 0 amide bonds. The number of hydrogen-bond donors (Lipinski definition) is 3. The van der Waals surface area contributed by atoms with Gasteiger partial charge in [-0.2, -0.15) is 0 Å². The normalized spacial score (nSPS) is 5.14. The van der Waals surface area contributed by atoms with Crippen LogP contribution >= 0.6 is 0 Å². The van der Waals surface area contributed by atoms with Gasteiger partial charge in [0, 0.05) is 0 Å². The predicted octanol–water partition coefficient (Wildman–Crippen LogP) is -3.87. The molecule has 11 heteroatoms. The van der Waals surface area contributed by atoms with Crippen LogP contribution in [-0.2, 0) is 0 Å². The summed E-state index contributed by atoms with van der Waals surface area (Å²) in [4.78, 5) is 25.3. The molecular formula is C3H5AlCaO9. The summed E-state index contributed by atoms with van der Waals surface area (Å²) in [7, 11) is 0. The van der Waals surface area contributed by atoms with Crippen LogP contribution in [0, 0.1) is 0 Å². The van der Waals surface area contributed by atoms with Crippen LogP contribution in [0.5, 0.6) is 0 Å². The van der Waals surface area contributed by atoms with Gasteiger partial charge in [-0.05, 0) is 0 Å². The third kappa shape index (κ3) is 8240. The van der Waals surface area contributed by atoms with E-state index < -0.39 is 18.5 Å². The summed E-state index contributed by atoms with van der Waals surface area (Å²) < 4.78 is 0. The maximum absolute atomic E-state index is 8.44. The minimum Gasteiger partial charge on any atom is -1.00 e. The zero-order valence-corrected chi connectivity index (χ0v) is 9.94. The maximum atomic E-state index is 8.44. The van der Waals surface area contributed by atoms with Crippen LogP contribution in [0.15, 0.2) is 0 Å². The van der Waals surface area contributed by atoms with Crippen molar-refractivity contribution >= 4 is 73.6 Å². The van der Waals surface area contributed by atoms with Gasteiger partial charge in [0.25, 0.3) is 0 Å². The van der Waals surface area contributed by atoms with Crippen molar-refractivity contribution in [1.82, 2.24) is 0 Å². The first kappa shape index (κ1) is 29.2. The molecule has 0 bridgehead atoms. The smallest absolute Gasteiger partial charge is 1.00 e. The molecule has 0 aliphatic carbocycles. The van der Waals surface area contributed by atoms with Crippen LogP contribution in [-0.4, -0.2) is 88.9 Å². The number of hydrogen-bond acceptors (Lipinski definition) is 6. The summed E-state index contributed by atoms with van der Waals surface area (Å²) in [6, 6.07) is 0. The van der Waals surface area contributed by atoms with Gasteiger partial charge in [0.2, 0.25) is 18.5 Å². The molecule has 0 aromatic rings. The Morgan fingerprint density at radius 3 is 0.786 bits per heavy atom. The zero-order valence-electron chi connectivity index (χ0n) is 8.58. The predicted molar refractivity (Wildman–Crippen MR) is 37.8 cm³/mol. The van der Waals surface area contributed by atoms with E-state index in [1.54, 1.807) is 0 Å². The minimum atomic E-state index is -2.08. The van der Waals surface area contributed by atoms with Gasteiger partial charge in [-0.1, -0.05) is 0 Å². The third-order valence-electron chi connectivity index (χ3n) is 0. The second-order valence-corrected chi connectivity index (χ2v) is 0.798. The topological polar surface area (TPSA) is 181 Å². The van der Waals surface area contributed by atoms with E-state index in [1.165, 1.54) is 0 Å². The number of rotatable bonds is 0. The average Bonchev–Trinajstić information content (AvgIpc) is 1.54. The fourth-order valence-electron chi connectivity index (χ4n) is 0. The van der Waals surface area contributed by atoms with Gasteiger partial charge in [0.05, 0.1) is 0 Å². The summed E-state index contributed by atoms with van der Waals surface area (Å²) >= 11 is 0. The summed E-state index contributed by atoms with van der Waals surface area (Å²) in [5.41, 5.74) is 0. The van der Waals surface area contributed by atoms with E-state index in [0.29, 0.717) is 0 Å². The molecule has 0 radical (unpaired) electrons. The molecule has 0 spiro atoms. The van der Waals surface area contributed by atoms with Gasteiger partial charge in [0.15, 0.2) is 0 Å². The molecule has 0 saturated heterocycles. The number of carbonyl (C=O) groups is 3. The van der Waals surface area contributed by atoms with E-state index in [-0.39, 0.29) is 58.0 Å². The van der Waals surface area contributed by atoms with Gasteiger partial charge in [-0.25, -0.2) is 0 Å². The molecule has 76 valence electrons. The fraction of sp³-hybridized carbons (Fsp3) is 0. The molecular weight excluding hydrogens is 247 g/mol. The minimum absolute atomic E-state index is 0. The van der Waals surface area contributed by atoms with Crippen molar-refractivity contribution in [3.63, 3.8) is 0 Å².